The molecule has 6 nitrogen and oxygen atoms in total. The van der Waals surface area contributed by atoms with E-state index in [0.29, 0.717) is 18.4 Å². The zero-order valence-electron chi connectivity index (χ0n) is 11.6. The van der Waals surface area contributed by atoms with E-state index in [2.05, 4.69) is 28.5 Å². The highest BCUT2D eigenvalue weighted by Crippen LogP contribution is 2.08. The fourth-order valence-corrected chi connectivity index (χ4v) is 2.45. The normalized spacial score (nSPS) is 12.3. The van der Waals surface area contributed by atoms with Gasteiger partial charge in [-0.2, -0.15) is 0 Å². The van der Waals surface area contributed by atoms with E-state index in [9.17, 15) is 8.42 Å². The van der Waals surface area contributed by atoms with E-state index < -0.39 is 10.0 Å². The van der Waals surface area contributed by atoms with Gasteiger partial charge in [-0.05, 0) is 46.0 Å². The molecule has 7 heteroatoms. The number of anilines is 1. The number of hydrogen-bond acceptors (Lipinski definition) is 5. The predicted octanol–water partition coefficient (Wildman–Crippen LogP) is 0.672. The van der Waals surface area contributed by atoms with Crippen molar-refractivity contribution in [1.29, 1.82) is 0 Å². The van der Waals surface area contributed by atoms with Gasteiger partial charge in [-0.1, -0.05) is 0 Å². The maximum atomic E-state index is 11.9. The minimum absolute atomic E-state index is 0.138. The standard InChI is InChI=1S/C12H22N4O2S/c1-10(2)16(3)8-4-7-15-19(17,18)11-5-6-12(13)14-9-11/h5-6,9-10,15H,4,7-8H2,1-3H3,(H2,13,14). The van der Waals surface area contributed by atoms with Gasteiger partial charge in [0.1, 0.15) is 10.7 Å². The summed E-state index contributed by atoms with van der Waals surface area (Å²) in [5.41, 5.74) is 5.42. The number of nitrogens with zero attached hydrogens (tertiary/aromatic N) is 2. The molecule has 19 heavy (non-hydrogen) atoms. The van der Waals surface area contributed by atoms with Crippen molar-refractivity contribution < 1.29 is 8.42 Å². The van der Waals surface area contributed by atoms with Gasteiger partial charge in [0.25, 0.3) is 0 Å². The number of nitrogens with one attached hydrogen (secondary N) is 1. The van der Waals surface area contributed by atoms with Crippen LogP contribution in [-0.4, -0.2) is 44.5 Å². The number of hydrogen-bond donors (Lipinski definition) is 2. The summed E-state index contributed by atoms with van der Waals surface area (Å²) < 4.78 is 26.4. The third kappa shape index (κ3) is 5.14. The largest absolute Gasteiger partial charge is 0.384 e. The van der Waals surface area contributed by atoms with Crippen LogP contribution in [0, 0.1) is 0 Å². The average Bonchev–Trinajstić information content (AvgIpc) is 2.34. The van der Waals surface area contributed by atoms with Crippen LogP contribution in [0.2, 0.25) is 0 Å². The quantitative estimate of drug-likeness (QED) is 0.719. The number of nitrogen functional groups attached to an aromatic ring is 1. The number of rotatable bonds is 7. The molecule has 3 N–H and O–H groups in total. The molecule has 0 saturated carbocycles. The molecule has 0 aliphatic rings. The Morgan fingerprint density at radius 1 is 1.42 bits per heavy atom. The van der Waals surface area contributed by atoms with Gasteiger partial charge in [0.05, 0.1) is 0 Å². The molecule has 0 unspecified atom stereocenters. The molecule has 0 aliphatic heterocycles. The first-order chi connectivity index (χ1) is 8.83. The second kappa shape index (κ2) is 6.83. The van der Waals surface area contributed by atoms with Crippen LogP contribution in [0.25, 0.3) is 0 Å². The summed E-state index contributed by atoms with van der Waals surface area (Å²) in [6.45, 7) is 5.46. The lowest BCUT2D eigenvalue weighted by molar-refractivity contribution is 0.271. The van der Waals surface area contributed by atoms with E-state index in [1.54, 1.807) is 0 Å². The van der Waals surface area contributed by atoms with Crippen LogP contribution in [0.4, 0.5) is 5.82 Å². The number of aromatic nitrogens is 1. The van der Waals surface area contributed by atoms with Crippen molar-refractivity contribution in [2.24, 2.45) is 0 Å². The molecule has 0 radical (unpaired) electrons. The van der Waals surface area contributed by atoms with E-state index in [0.717, 1.165) is 13.0 Å². The molecule has 0 aromatic carbocycles. The zero-order chi connectivity index (χ0) is 14.5. The maximum Gasteiger partial charge on any atom is 0.242 e. The highest BCUT2D eigenvalue weighted by Gasteiger charge is 2.13. The van der Waals surface area contributed by atoms with Crippen LogP contribution in [0.15, 0.2) is 23.2 Å². The summed E-state index contributed by atoms with van der Waals surface area (Å²) in [5.74, 6) is 0.303. The summed E-state index contributed by atoms with van der Waals surface area (Å²) in [7, 11) is -1.46. The summed E-state index contributed by atoms with van der Waals surface area (Å²) in [6, 6.07) is 3.38. The highest BCUT2D eigenvalue weighted by molar-refractivity contribution is 7.89. The van der Waals surface area contributed by atoms with Gasteiger partial charge < -0.3 is 10.6 Å². The lowest BCUT2D eigenvalue weighted by Gasteiger charge is -2.20. The van der Waals surface area contributed by atoms with Crippen molar-refractivity contribution in [3.8, 4) is 0 Å². The van der Waals surface area contributed by atoms with Crippen LogP contribution in [0.3, 0.4) is 0 Å². The Kier molecular flexibility index (Phi) is 5.71. The minimum atomic E-state index is -3.48. The van der Waals surface area contributed by atoms with Crippen molar-refractivity contribution in [3.63, 3.8) is 0 Å². The molecule has 0 bridgehead atoms. The van der Waals surface area contributed by atoms with Crippen molar-refractivity contribution >= 4 is 15.8 Å². The van der Waals surface area contributed by atoms with Crippen LogP contribution >= 0.6 is 0 Å². The van der Waals surface area contributed by atoms with E-state index in [1.807, 2.05) is 7.05 Å². The Balaban J connectivity index is 2.46. The third-order valence-electron chi connectivity index (χ3n) is 2.93. The van der Waals surface area contributed by atoms with Gasteiger partial charge in [0.2, 0.25) is 10.0 Å². The number of sulfonamides is 1. The van der Waals surface area contributed by atoms with E-state index in [4.69, 9.17) is 5.73 Å². The summed E-state index contributed by atoms with van der Waals surface area (Å²) in [5, 5.41) is 0. The molecule has 1 aromatic rings. The molecule has 0 amide bonds. The lowest BCUT2D eigenvalue weighted by atomic mass is 10.3. The van der Waals surface area contributed by atoms with Crippen LogP contribution in [0.5, 0.6) is 0 Å². The van der Waals surface area contributed by atoms with Gasteiger partial charge in [-0.25, -0.2) is 18.1 Å². The second-order valence-corrected chi connectivity index (χ2v) is 6.51. The third-order valence-corrected chi connectivity index (χ3v) is 4.38. The average molecular weight is 286 g/mol. The van der Waals surface area contributed by atoms with Crippen molar-refractivity contribution in [2.75, 3.05) is 25.9 Å². The molecular weight excluding hydrogens is 264 g/mol. The zero-order valence-corrected chi connectivity index (χ0v) is 12.4. The van der Waals surface area contributed by atoms with Gasteiger partial charge in [-0.15, -0.1) is 0 Å². The topological polar surface area (TPSA) is 88.3 Å². The molecule has 0 fully saturated rings. The maximum absolute atomic E-state index is 11.9. The first-order valence-corrected chi connectivity index (χ1v) is 7.72. The van der Waals surface area contributed by atoms with Crippen molar-refractivity contribution in [1.82, 2.24) is 14.6 Å². The monoisotopic (exact) mass is 286 g/mol. The molecule has 1 aromatic heterocycles. The van der Waals surface area contributed by atoms with Gasteiger partial charge in [-0.3, -0.25) is 0 Å². The van der Waals surface area contributed by atoms with Gasteiger partial charge in [0.15, 0.2) is 0 Å². The summed E-state index contributed by atoms with van der Waals surface area (Å²) in [4.78, 5) is 6.08. The van der Waals surface area contributed by atoms with E-state index in [1.165, 1.54) is 18.3 Å². The van der Waals surface area contributed by atoms with Crippen LogP contribution < -0.4 is 10.5 Å². The predicted molar refractivity (Wildman–Crippen MR) is 76.2 cm³/mol. The smallest absolute Gasteiger partial charge is 0.242 e. The molecule has 0 atom stereocenters. The van der Waals surface area contributed by atoms with Gasteiger partial charge >= 0.3 is 0 Å². The Morgan fingerprint density at radius 2 is 2.11 bits per heavy atom. The van der Waals surface area contributed by atoms with Crippen molar-refractivity contribution in [2.45, 2.75) is 31.2 Å². The Hall–Kier alpha value is -1.18. The Morgan fingerprint density at radius 3 is 2.63 bits per heavy atom. The molecule has 1 heterocycles. The molecule has 1 rings (SSSR count). The Bertz CT molecular complexity index is 485. The summed E-state index contributed by atoms with van der Waals surface area (Å²) >= 11 is 0. The lowest BCUT2D eigenvalue weighted by Crippen LogP contribution is -2.31. The summed E-state index contributed by atoms with van der Waals surface area (Å²) in [6.07, 6.45) is 2.02. The van der Waals surface area contributed by atoms with Crippen LogP contribution in [0.1, 0.15) is 20.3 Å². The fourth-order valence-electron chi connectivity index (χ4n) is 1.43. The first-order valence-electron chi connectivity index (χ1n) is 6.24. The van der Waals surface area contributed by atoms with E-state index in [-0.39, 0.29) is 4.90 Å². The Labute approximate surface area is 115 Å². The fraction of sp³-hybridized carbons (Fsp3) is 0.583. The first kappa shape index (κ1) is 15.9. The SMILES string of the molecule is CC(C)N(C)CCCNS(=O)(=O)c1ccc(N)nc1. The molecule has 0 spiro atoms. The van der Waals surface area contributed by atoms with Crippen LogP contribution in [-0.2, 0) is 10.0 Å². The van der Waals surface area contributed by atoms with Crippen molar-refractivity contribution in [3.05, 3.63) is 18.3 Å². The molecule has 0 aliphatic carbocycles. The minimum Gasteiger partial charge on any atom is -0.384 e. The second-order valence-electron chi connectivity index (χ2n) is 4.74. The highest BCUT2D eigenvalue weighted by atomic mass is 32.2. The van der Waals surface area contributed by atoms with E-state index >= 15 is 0 Å². The molecule has 108 valence electrons. The van der Waals surface area contributed by atoms with Gasteiger partial charge in [0, 0.05) is 18.8 Å². The molecule has 0 saturated heterocycles. The number of nitrogens with two attached hydrogens (primary N) is 1. The molecular formula is C12H22N4O2S. The number of pyridine rings is 1.